The molecule has 0 aliphatic heterocycles. The van der Waals surface area contributed by atoms with Crippen molar-refractivity contribution in [3.05, 3.63) is 24.0 Å². The Labute approximate surface area is 99.3 Å². The maximum absolute atomic E-state index is 11.3. The van der Waals surface area contributed by atoms with Crippen LogP contribution in [0.4, 0.5) is 5.69 Å². The highest BCUT2D eigenvalue weighted by Gasteiger charge is 2.16. The number of nitrogens with one attached hydrogen (secondary N) is 1. The highest BCUT2D eigenvalue weighted by Crippen LogP contribution is 2.18. The molecule has 0 saturated carbocycles. The van der Waals surface area contributed by atoms with E-state index in [9.17, 15) is 9.59 Å². The van der Waals surface area contributed by atoms with E-state index in [1.165, 1.54) is 25.5 Å². The molecule has 0 aromatic carbocycles. The van der Waals surface area contributed by atoms with Gasteiger partial charge in [-0.25, -0.2) is 4.79 Å². The van der Waals surface area contributed by atoms with Gasteiger partial charge in [-0.2, -0.15) is 0 Å². The fourth-order valence-corrected chi connectivity index (χ4v) is 1.44. The summed E-state index contributed by atoms with van der Waals surface area (Å²) in [4.78, 5) is 27.9. The first-order valence-corrected chi connectivity index (χ1v) is 5.23. The molecule has 6 nitrogen and oxygen atoms in total. The van der Waals surface area contributed by atoms with E-state index in [4.69, 9.17) is 5.11 Å². The van der Waals surface area contributed by atoms with Crippen LogP contribution in [0.25, 0.3) is 0 Å². The minimum Gasteiger partial charge on any atom is -0.478 e. The van der Waals surface area contributed by atoms with Crippen LogP contribution < -0.4 is 10.2 Å². The Hall–Kier alpha value is -2.11. The van der Waals surface area contributed by atoms with Crippen molar-refractivity contribution in [2.75, 3.05) is 25.0 Å². The summed E-state index contributed by atoms with van der Waals surface area (Å²) in [6, 6.07) is 1.42. The van der Waals surface area contributed by atoms with Gasteiger partial charge in [0.1, 0.15) is 0 Å². The van der Waals surface area contributed by atoms with E-state index in [1.54, 1.807) is 4.90 Å². The number of aromatic carboxylic acids is 1. The lowest BCUT2D eigenvalue weighted by atomic mass is 10.2. The number of likely N-dealkylation sites (N-methyl/N-ethyl adjacent to an activating group) is 2. The van der Waals surface area contributed by atoms with Crippen LogP contribution in [-0.2, 0) is 4.79 Å². The summed E-state index contributed by atoms with van der Waals surface area (Å²) in [6.45, 7) is 2.49. The molecule has 1 aromatic rings. The van der Waals surface area contributed by atoms with Gasteiger partial charge in [-0.1, -0.05) is 0 Å². The molecule has 1 rings (SSSR count). The third-order valence-corrected chi connectivity index (χ3v) is 2.37. The van der Waals surface area contributed by atoms with Crippen LogP contribution in [-0.4, -0.2) is 42.1 Å². The van der Waals surface area contributed by atoms with Crippen LogP contribution in [0.15, 0.2) is 18.5 Å². The van der Waals surface area contributed by atoms with Crippen molar-refractivity contribution in [2.24, 2.45) is 0 Å². The quantitative estimate of drug-likeness (QED) is 0.772. The Bertz CT molecular complexity index is 420. The summed E-state index contributed by atoms with van der Waals surface area (Å²) in [7, 11) is 1.54. The zero-order valence-corrected chi connectivity index (χ0v) is 9.80. The molecule has 0 bridgehead atoms. The zero-order valence-electron chi connectivity index (χ0n) is 9.80. The summed E-state index contributed by atoms with van der Waals surface area (Å²) in [5.41, 5.74) is 0.594. The minimum atomic E-state index is -1.03. The molecule has 0 atom stereocenters. The molecular weight excluding hydrogens is 222 g/mol. The second-order valence-corrected chi connectivity index (χ2v) is 3.39. The SMILES string of the molecule is CCN(CC(=O)NC)c1cnccc1C(=O)O. The molecule has 0 unspecified atom stereocenters. The van der Waals surface area contributed by atoms with E-state index < -0.39 is 5.97 Å². The number of pyridine rings is 1. The number of rotatable bonds is 5. The number of carboxylic acid groups (broad SMARTS) is 1. The third kappa shape index (κ3) is 3.17. The summed E-state index contributed by atoms with van der Waals surface area (Å²) < 4.78 is 0. The average Bonchev–Trinajstić information content (AvgIpc) is 2.35. The topological polar surface area (TPSA) is 82.5 Å². The highest BCUT2D eigenvalue weighted by atomic mass is 16.4. The predicted molar refractivity (Wildman–Crippen MR) is 63.2 cm³/mol. The molecule has 0 saturated heterocycles. The maximum Gasteiger partial charge on any atom is 0.337 e. The number of hydrogen-bond donors (Lipinski definition) is 2. The number of aromatic nitrogens is 1. The van der Waals surface area contributed by atoms with Crippen molar-refractivity contribution in [2.45, 2.75) is 6.92 Å². The van der Waals surface area contributed by atoms with Crippen LogP contribution in [0.5, 0.6) is 0 Å². The van der Waals surface area contributed by atoms with Crippen molar-refractivity contribution >= 4 is 17.6 Å². The molecule has 0 aliphatic carbocycles. The number of amides is 1. The van der Waals surface area contributed by atoms with Gasteiger partial charge in [0, 0.05) is 19.8 Å². The van der Waals surface area contributed by atoms with Crippen LogP contribution in [0, 0.1) is 0 Å². The van der Waals surface area contributed by atoms with E-state index in [-0.39, 0.29) is 18.0 Å². The van der Waals surface area contributed by atoms with E-state index in [1.807, 2.05) is 6.92 Å². The Morgan fingerprint density at radius 1 is 1.53 bits per heavy atom. The van der Waals surface area contributed by atoms with Crippen LogP contribution >= 0.6 is 0 Å². The molecule has 0 aliphatic rings. The molecule has 0 radical (unpaired) electrons. The third-order valence-electron chi connectivity index (χ3n) is 2.37. The van der Waals surface area contributed by atoms with Gasteiger partial charge in [0.05, 0.1) is 24.0 Å². The number of carboxylic acids is 1. The normalized spacial score (nSPS) is 9.76. The van der Waals surface area contributed by atoms with Crippen molar-refractivity contribution in [1.29, 1.82) is 0 Å². The first kappa shape index (κ1) is 13.0. The lowest BCUT2D eigenvalue weighted by molar-refractivity contribution is -0.119. The molecule has 1 heterocycles. The van der Waals surface area contributed by atoms with Gasteiger partial charge in [0.15, 0.2) is 0 Å². The molecular formula is C11H15N3O3. The van der Waals surface area contributed by atoms with E-state index >= 15 is 0 Å². The van der Waals surface area contributed by atoms with Crippen LogP contribution in [0.2, 0.25) is 0 Å². The first-order valence-electron chi connectivity index (χ1n) is 5.23. The molecule has 92 valence electrons. The van der Waals surface area contributed by atoms with Gasteiger partial charge < -0.3 is 15.3 Å². The molecule has 2 N–H and O–H groups in total. The second kappa shape index (κ2) is 5.83. The number of anilines is 1. The van der Waals surface area contributed by atoms with E-state index in [0.29, 0.717) is 12.2 Å². The lowest BCUT2D eigenvalue weighted by Crippen LogP contribution is -2.36. The van der Waals surface area contributed by atoms with Gasteiger partial charge in [-0.15, -0.1) is 0 Å². The monoisotopic (exact) mass is 237 g/mol. The molecule has 1 aromatic heterocycles. The fraction of sp³-hybridized carbons (Fsp3) is 0.364. The number of hydrogen-bond acceptors (Lipinski definition) is 4. The van der Waals surface area contributed by atoms with E-state index in [2.05, 4.69) is 10.3 Å². The standard InChI is InChI=1S/C11H15N3O3/c1-3-14(7-10(15)12-2)9-6-13-5-4-8(9)11(16)17/h4-6H,3,7H2,1-2H3,(H,12,15)(H,16,17). The van der Waals surface area contributed by atoms with Gasteiger partial charge in [-0.3, -0.25) is 9.78 Å². The smallest absolute Gasteiger partial charge is 0.337 e. The summed E-state index contributed by atoms with van der Waals surface area (Å²) in [5.74, 6) is -1.20. The van der Waals surface area contributed by atoms with Gasteiger partial charge in [-0.05, 0) is 13.0 Å². The highest BCUT2D eigenvalue weighted by molar-refractivity contribution is 5.95. The predicted octanol–water partition coefficient (Wildman–Crippen LogP) is 0.352. The lowest BCUT2D eigenvalue weighted by Gasteiger charge is -2.23. The van der Waals surface area contributed by atoms with Crippen molar-refractivity contribution in [1.82, 2.24) is 10.3 Å². The Balaban J connectivity index is 3.03. The summed E-state index contributed by atoms with van der Waals surface area (Å²) >= 11 is 0. The second-order valence-electron chi connectivity index (χ2n) is 3.39. The zero-order chi connectivity index (χ0) is 12.8. The van der Waals surface area contributed by atoms with E-state index in [0.717, 1.165) is 0 Å². The number of carbonyl (C=O) groups excluding carboxylic acids is 1. The average molecular weight is 237 g/mol. The summed E-state index contributed by atoms with van der Waals surface area (Å²) in [6.07, 6.45) is 2.87. The van der Waals surface area contributed by atoms with Gasteiger partial charge in [0.25, 0.3) is 0 Å². The molecule has 0 fully saturated rings. The van der Waals surface area contributed by atoms with Crippen molar-refractivity contribution < 1.29 is 14.7 Å². The number of carbonyl (C=O) groups is 2. The Kier molecular flexibility index (Phi) is 4.45. The summed E-state index contributed by atoms with van der Waals surface area (Å²) in [5, 5.41) is 11.5. The van der Waals surface area contributed by atoms with Gasteiger partial charge >= 0.3 is 5.97 Å². The van der Waals surface area contributed by atoms with Gasteiger partial charge in [0.2, 0.25) is 5.91 Å². The van der Waals surface area contributed by atoms with Crippen LogP contribution in [0.1, 0.15) is 17.3 Å². The molecule has 0 spiro atoms. The Morgan fingerprint density at radius 2 is 2.24 bits per heavy atom. The first-order chi connectivity index (χ1) is 8.10. The van der Waals surface area contributed by atoms with Crippen molar-refractivity contribution in [3.63, 3.8) is 0 Å². The fourth-order valence-electron chi connectivity index (χ4n) is 1.44. The largest absolute Gasteiger partial charge is 0.478 e. The molecule has 1 amide bonds. The number of nitrogens with zero attached hydrogens (tertiary/aromatic N) is 2. The van der Waals surface area contributed by atoms with Crippen LogP contribution in [0.3, 0.4) is 0 Å². The maximum atomic E-state index is 11.3. The van der Waals surface area contributed by atoms with Crippen molar-refractivity contribution in [3.8, 4) is 0 Å². The minimum absolute atomic E-state index is 0.110. The molecule has 17 heavy (non-hydrogen) atoms. The Morgan fingerprint density at radius 3 is 2.76 bits per heavy atom. The molecule has 6 heteroatoms.